The molecule has 0 saturated carbocycles. The van der Waals surface area contributed by atoms with Crippen molar-refractivity contribution in [1.82, 2.24) is 4.31 Å². The maximum Gasteiger partial charge on any atom is 0.244 e. The maximum absolute atomic E-state index is 12.7. The van der Waals surface area contributed by atoms with Gasteiger partial charge in [0.15, 0.2) is 0 Å². The monoisotopic (exact) mass is 348 g/mol. The van der Waals surface area contributed by atoms with Crippen LogP contribution < -0.4 is 5.73 Å². The van der Waals surface area contributed by atoms with Crippen molar-refractivity contribution in [3.05, 3.63) is 22.7 Å². The Bertz CT molecular complexity index is 562. The lowest BCUT2D eigenvalue weighted by molar-refractivity contribution is 0.0314. The van der Waals surface area contributed by atoms with Crippen molar-refractivity contribution in [2.45, 2.75) is 24.3 Å². The number of halogens is 1. The topological polar surface area (TPSA) is 72.6 Å². The Balaban J connectivity index is 2.43. The molecule has 0 amide bonds. The van der Waals surface area contributed by atoms with Crippen molar-refractivity contribution in [1.29, 1.82) is 0 Å². The van der Waals surface area contributed by atoms with Gasteiger partial charge in [0.2, 0.25) is 10.0 Å². The Morgan fingerprint density at radius 1 is 1.53 bits per heavy atom. The third kappa shape index (κ3) is 2.94. The van der Waals surface area contributed by atoms with E-state index in [1.54, 1.807) is 12.1 Å². The van der Waals surface area contributed by atoms with Gasteiger partial charge < -0.3 is 10.5 Å². The van der Waals surface area contributed by atoms with Gasteiger partial charge >= 0.3 is 0 Å². The summed E-state index contributed by atoms with van der Waals surface area (Å²) in [7, 11) is -3.55. The van der Waals surface area contributed by atoms with E-state index in [2.05, 4.69) is 15.9 Å². The summed E-state index contributed by atoms with van der Waals surface area (Å²) in [6.07, 6.45) is 0.721. The summed E-state index contributed by atoms with van der Waals surface area (Å²) >= 11 is 3.28. The predicted molar refractivity (Wildman–Crippen MR) is 77.3 cm³/mol. The first-order valence-electron chi connectivity index (χ1n) is 6.11. The number of morpholine rings is 1. The van der Waals surface area contributed by atoms with Crippen LogP contribution in [-0.2, 0) is 14.8 Å². The molecule has 19 heavy (non-hydrogen) atoms. The van der Waals surface area contributed by atoms with Crippen LogP contribution in [-0.4, -0.2) is 38.5 Å². The summed E-state index contributed by atoms with van der Waals surface area (Å²) in [6, 6.07) is 4.69. The summed E-state index contributed by atoms with van der Waals surface area (Å²) in [6.45, 7) is 3.20. The number of hydrogen-bond donors (Lipinski definition) is 1. The highest BCUT2D eigenvalue weighted by molar-refractivity contribution is 9.10. The molecule has 106 valence electrons. The molecule has 2 rings (SSSR count). The molecular formula is C12H17BrN2O3S. The van der Waals surface area contributed by atoms with E-state index in [4.69, 9.17) is 10.5 Å². The van der Waals surface area contributed by atoms with E-state index in [9.17, 15) is 8.42 Å². The van der Waals surface area contributed by atoms with Crippen LogP contribution in [0.15, 0.2) is 27.6 Å². The van der Waals surface area contributed by atoms with E-state index in [1.165, 1.54) is 10.4 Å². The highest BCUT2D eigenvalue weighted by Gasteiger charge is 2.34. The van der Waals surface area contributed by atoms with Crippen LogP contribution >= 0.6 is 15.9 Å². The van der Waals surface area contributed by atoms with E-state index in [1.807, 2.05) is 6.92 Å². The fourth-order valence-corrected chi connectivity index (χ4v) is 4.75. The molecule has 1 atom stereocenters. The van der Waals surface area contributed by atoms with Crippen molar-refractivity contribution >= 4 is 31.6 Å². The molecule has 0 aromatic heterocycles. The molecule has 1 heterocycles. The highest BCUT2D eigenvalue weighted by Crippen LogP contribution is 2.29. The molecule has 0 aliphatic carbocycles. The quantitative estimate of drug-likeness (QED) is 0.845. The summed E-state index contributed by atoms with van der Waals surface area (Å²) in [5.74, 6) is 0. The number of anilines is 1. The summed E-state index contributed by atoms with van der Waals surface area (Å²) in [5, 5.41) is 0. The van der Waals surface area contributed by atoms with Crippen LogP contribution in [0.3, 0.4) is 0 Å². The number of hydrogen-bond acceptors (Lipinski definition) is 4. The number of ether oxygens (including phenoxy) is 1. The first kappa shape index (κ1) is 14.8. The molecule has 1 aromatic rings. The molecular weight excluding hydrogens is 332 g/mol. The molecule has 1 aromatic carbocycles. The molecule has 2 N–H and O–H groups in total. The standard InChI is InChI=1S/C12H17BrN2O3S/c1-2-10-8-18-6-5-15(10)19(16,17)12-7-9(14)3-4-11(12)13/h3-4,7,10H,2,5-6,8,14H2,1H3. The van der Waals surface area contributed by atoms with Gasteiger partial charge in [0.25, 0.3) is 0 Å². The minimum Gasteiger partial charge on any atom is -0.399 e. The second-order valence-corrected chi connectivity index (χ2v) is 7.16. The second-order valence-electron chi connectivity index (χ2n) is 4.44. The van der Waals surface area contributed by atoms with Gasteiger partial charge in [0.1, 0.15) is 0 Å². The zero-order chi connectivity index (χ0) is 14.0. The van der Waals surface area contributed by atoms with Gasteiger partial charge in [0.05, 0.1) is 18.1 Å². The number of nitrogen functional groups attached to an aromatic ring is 1. The van der Waals surface area contributed by atoms with Crippen molar-refractivity contribution in [2.75, 3.05) is 25.5 Å². The lowest BCUT2D eigenvalue weighted by Crippen LogP contribution is -2.48. The number of nitrogens with two attached hydrogens (primary N) is 1. The Labute approximate surface area is 121 Å². The van der Waals surface area contributed by atoms with Gasteiger partial charge in [0, 0.05) is 22.7 Å². The van der Waals surface area contributed by atoms with Gasteiger partial charge in [-0.3, -0.25) is 0 Å². The van der Waals surface area contributed by atoms with E-state index < -0.39 is 10.0 Å². The highest BCUT2D eigenvalue weighted by atomic mass is 79.9. The Morgan fingerprint density at radius 2 is 2.26 bits per heavy atom. The summed E-state index contributed by atoms with van der Waals surface area (Å²) < 4.78 is 32.8. The summed E-state index contributed by atoms with van der Waals surface area (Å²) in [5.41, 5.74) is 6.13. The molecule has 0 bridgehead atoms. The first-order chi connectivity index (χ1) is 8.96. The van der Waals surface area contributed by atoms with Crippen LogP contribution in [0.5, 0.6) is 0 Å². The van der Waals surface area contributed by atoms with Crippen LogP contribution in [0.25, 0.3) is 0 Å². The second kappa shape index (κ2) is 5.78. The average molecular weight is 349 g/mol. The van der Waals surface area contributed by atoms with Gasteiger partial charge in [-0.05, 0) is 40.5 Å². The smallest absolute Gasteiger partial charge is 0.244 e. The van der Waals surface area contributed by atoms with Crippen molar-refractivity contribution in [3.8, 4) is 0 Å². The zero-order valence-corrected chi connectivity index (χ0v) is 13.1. The fraction of sp³-hybridized carbons (Fsp3) is 0.500. The van der Waals surface area contributed by atoms with Crippen LogP contribution in [0.1, 0.15) is 13.3 Å². The van der Waals surface area contributed by atoms with Gasteiger partial charge in [-0.2, -0.15) is 4.31 Å². The predicted octanol–water partition coefficient (Wildman–Crippen LogP) is 1.83. The number of sulfonamides is 1. The molecule has 1 saturated heterocycles. The Morgan fingerprint density at radius 3 is 2.95 bits per heavy atom. The van der Waals surface area contributed by atoms with Crippen LogP contribution in [0, 0.1) is 0 Å². The van der Waals surface area contributed by atoms with Gasteiger partial charge in [-0.25, -0.2) is 8.42 Å². The van der Waals surface area contributed by atoms with Gasteiger partial charge in [-0.1, -0.05) is 6.92 Å². The number of rotatable bonds is 3. The van der Waals surface area contributed by atoms with E-state index >= 15 is 0 Å². The van der Waals surface area contributed by atoms with Gasteiger partial charge in [-0.15, -0.1) is 0 Å². The van der Waals surface area contributed by atoms with Crippen molar-refractivity contribution in [2.24, 2.45) is 0 Å². The lowest BCUT2D eigenvalue weighted by atomic mass is 10.2. The third-order valence-corrected chi connectivity index (χ3v) is 6.13. The molecule has 0 radical (unpaired) electrons. The van der Waals surface area contributed by atoms with E-state index in [0.717, 1.165) is 6.42 Å². The molecule has 1 unspecified atom stereocenters. The fourth-order valence-electron chi connectivity index (χ4n) is 2.12. The minimum atomic E-state index is -3.55. The minimum absolute atomic E-state index is 0.118. The molecule has 1 aliphatic heterocycles. The SMILES string of the molecule is CCC1COCCN1S(=O)(=O)c1cc(N)ccc1Br. The molecule has 1 fully saturated rings. The zero-order valence-electron chi connectivity index (χ0n) is 10.7. The molecule has 7 heteroatoms. The number of nitrogens with zero attached hydrogens (tertiary/aromatic N) is 1. The summed E-state index contributed by atoms with van der Waals surface area (Å²) in [4.78, 5) is 0.216. The first-order valence-corrected chi connectivity index (χ1v) is 8.34. The van der Waals surface area contributed by atoms with Crippen molar-refractivity contribution in [3.63, 3.8) is 0 Å². The maximum atomic E-state index is 12.7. The lowest BCUT2D eigenvalue weighted by Gasteiger charge is -2.34. The molecule has 0 spiro atoms. The average Bonchev–Trinajstić information content (AvgIpc) is 2.41. The molecule has 1 aliphatic rings. The van der Waals surface area contributed by atoms with Crippen molar-refractivity contribution < 1.29 is 13.2 Å². The van der Waals surface area contributed by atoms with E-state index in [-0.39, 0.29) is 10.9 Å². The third-order valence-electron chi connectivity index (χ3n) is 3.19. The largest absolute Gasteiger partial charge is 0.399 e. The van der Waals surface area contributed by atoms with Crippen LogP contribution in [0.4, 0.5) is 5.69 Å². The van der Waals surface area contributed by atoms with E-state index in [0.29, 0.717) is 29.9 Å². The van der Waals surface area contributed by atoms with Crippen LogP contribution in [0.2, 0.25) is 0 Å². The Hall–Kier alpha value is -0.630. The normalized spacial score (nSPS) is 21.5. The number of benzene rings is 1. The Kier molecular flexibility index (Phi) is 4.50. The molecule has 5 nitrogen and oxygen atoms in total.